The minimum absolute atomic E-state index is 0.136. The van der Waals surface area contributed by atoms with E-state index in [-0.39, 0.29) is 25.6 Å². The average Bonchev–Trinajstić information content (AvgIpc) is 3.30. The fraction of sp³-hybridized carbons (Fsp3) is 0.423. The molecule has 3 rings (SSSR count). The highest BCUT2D eigenvalue weighted by Crippen LogP contribution is 2.26. The summed E-state index contributed by atoms with van der Waals surface area (Å²) in [6, 6.07) is 13.1. The van der Waals surface area contributed by atoms with E-state index in [1.54, 1.807) is 48.5 Å². The summed E-state index contributed by atoms with van der Waals surface area (Å²) in [7, 11) is 0. The molecule has 0 saturated heterocycles. The summed E-state index contributed by atoms with van der Waals surface area (Å²) in [4.78, 5) is 29.7. The van der Waals surface area contributed by atoms with Crippen LogP contribution in [0.2, 0.25) is 5.02 Å². The van der Waals surface area contributed by atoms with Crippen LogP contribution in [-0.2, 0) is 16.1 Å². The van der Waals surface area contributed by atoms with Gasteiger partial charge < -0.3 is 20.1 Å². The molecule has 0 unspecified atom stereocenters. The fourth-order valence-electron chi connectivity index (χ4n) is 3.70. The van der Waals surface area contributed by atoms with Gasteiger partial charge in [0.2, 0.25) is 17.6 Å². The van der Waals surface area contributed by atoms with Gasteiger partial charge in [0.15, 0.2) is 0 Å². The van der Waals surface area contributed by atoms with E-state index in [4.69, 9.17) is 16.3 Å². The number of carbonyl (C=O) groups excluding carboxylic acids is 2. The molecule has 3 aromatic rings. The summed E-state index contributed by atoms with van der Waals surface area (Å²) >= 11 is 5.95. The number of hydrogen-bond acceptors (Lipinski definition) is 7. The maximum Gasteiger partial charge on any atom is 0.247 e. The summed E-state index contributed by atoms with van der Waals surface area (Å²) in [6.45, 7) is 7.80. The molecule has 1 atom stereocenters. The normalized spacial score (nSPS) is 12.2. The van der Waals surface area contributed by atoms with Gasteiger partial charge >= 0.3 is 0 Å². The van der Waals surface area contributed by atoms with Crippen LogP contribution < -0.4 is 10.1 Å². The Morgan fingerprint density at radius 1 is 1.14 bits per heavy atom. The van der Waals surface area contributed by atoms with Crippen molar-refractivity contribution in [1.82, 2.24) is 30.4 Å². The fourth-order valence-corrected chi connectivity index (χ4v) is 3.83. The number of aliphatic hydroxyl groups is 1. The third-order valence-corrected chi connectivity index (χ3v) is 5.53. The van der Waals surface area contributed by atoms with E-state index in [2.05, 4.69) is 20.7 Å². The highest BCUT2D eigenvalue weighted by Gasteiger charge is 2.33. The first-order valence-corrected chi connectivity index (χ1v) is 12.5. The Bertz CT molecular complexity index is 1180. The number of halogens is 1. The quantitative estimate of drug-likeness (QED) is 0.391. The van der Waals surface area contributed by atoms with Gasteiger partial charge in [0.25, 0.3) is 0 Å². The van der Waals surface area contributed by atoms with E-state index in [0.717, 1.165) is 0 Å². The van der Waals surface area contributed by atoms with E-state index in [1.807, 2.05) is 27.7 Å². The molecule has 0 bridgehead atoms. The maximum absolute atomic E-state index is 13.6. The number of aromatic nitrogens is 4. The molecular weight excluding hydrogens is 496 g/mol. The topological polar surface area (TPSA) is 122 Å². The smallest absolute Gasteiger partial charge is 0.247 e. The van der Waals surface area contributed by atoms with Crippen LogP contribution in [0.1, 0.15) is 45.7 Å². The number of ether oxygens (including phenoxy) is 1. The lowest BCUT2D eigenvalue weighted by molar-refractivity contribution is -0.142. The Balaban J connectivity index is 1.91. The predicted molar refractivity (Wildman–Crippen MR) is 140 cm³/mol. The number of amides is 2. The van der Waals surface area contributed by atoms with Crippen molar-refractivity contribution < 1.29 is 19.4 Å². The molecule has 198 valence electrons. The number of rotatable bonds is 11. The highest BCUT2D eigenvalue weighted by molar-refractivity contribution is 6.30. The standard InChI is InChI=1S/C26H33ClN6O4/c1-5-37-21-13-9-18(10-14-21)23(25(36)28-26(2,3)4)32(15-6-16-34)22(35)17-33-30-24(29-31-33)19-7-11-20(27)12-8-19/h7-14,23,34H,5-6,15-17H2,1-4H3,(H,28,36)/t23-/m0/s1. The van der Waals surface area contributed by atoms with Crippen molar-refractivity contribution in [3.8, 4) is 17.1 Å². The van der Waals surface area contributed by atoms with Gasteiger partial charge in [-0.3, -0.25) is 9.59 Å². The van der Waals surface area contributed by atoms with Gasteiger partial charge in [-0.15, -0.1) is 10.2 Å². The monoisotopic (exact) mass is 528 g/mol. The van der Waals surface area contributed by atoms with Crippen molar-refractivity contribution in [1.29, 1.82) is 0 Å². The van der Waals surface area contributed by atoms with Crippen LogP contribution in [0.5, 0.6) is 5.75 Å². The van der Waals surface area contributed by atoms with E-state index >= 15 is 0 Å². The molecule has 2 N–H and O–H groups in total. The second kappa shape index (κ2) is 12.6. The Kier molecular flexibility index (Phi) is 9.60. The van der Waals surface area contributed by atoms with E-state index in [9.17, 15) is 14.7 Å². The third-order valence-electron chi connectivity index (χ3n) is 5.27. The van der Waals surface area contributed by atoms with Crippen LogP contribution in [0.15, 0.2) is 48.5 Å². The Morgan fingerprint density at radius 2 is 1.81 bits per heavy atom. The zero-order valence-corrected chi connectivity index (χ0v) is 22.3. The summed E-state index contributed by atoms with van der Waals surface area (Å²) < 4.78 is 5.53. The van der Waals surface area contributed by atoms with Crippen molar-refractivity contribution in [3.63, 3.8) is 0 Å². The highest BCUT2D eigenvalue weighted by atomic mass is 35.5. The Morgan fingerprint density at radius 3 is 2.41 bits per heavy atom. The molecular formula is C26H33ClN6O4. The summed E-state index contributed by atoms with van der Waals surface area (Å²) in [5, 5.41) is 25.4. The van der Waals surface area contributed by atoms with Crippen molar-refractivity contribution in [3.05, 3.63) is 59.1 Å². The van der Waals surface area contributed by atoms with Crippen LogP contribution in [0.4, 0.5) is 0 Å². The van der Waals surface area contributed by atoms with Crippen molar-refractivity contribution in [2.45, 2.75) is 52.2 Å². The Labute approximate surface area is 221 Å². The van der Waals surface area contributed by atoms with Gasteiger partial charge in [-0.2, -0.15) is 4.80 Å². The lowest BCUT2D eigenvalue weighted by Crippen LogP contribution is -2.50. The van der Waals surface area contributed by atoms with Gasteiger partial charge in [0.05, 0.1) is 6.61 Å². The molecule has 0 aliphatic carbocycles. The van der Waals surface area contributed by atoms with Gasteiger partial charge in [0, 0.05) is 29.3 Å². The third kappa shape index (κ3) is 7.99. The van der Waals surface area contributed by atoms with Gasteiger partial charge in [-0.25, -0.2) is 0 Å². The van der Waals surface area contributed by atoms with Gasteiger partial charge in [0.1, 0.15) is 18.3 Å². The molecule has 1 aromatic heterocycles. The molecule has 0 fully saturated rings. The number of aliphatic hydroxyl groups excluding tert-OH is 1. The van der Waals surface area contributed by atoms with Gasteiger partial charge in [-0.05, 0) is 81.3 Å². The minimum Gasteiger partial charge on any atom is -0.494 e. The second-order valence-corrected chi connectivity index (χ2v) is 9.89. The number of tetrazole rings is 1. The molecule has 0 aliphatic rings. The molecule has 0 spiro atoms. The predicted octanol–water partition coefficient (Wildman–Crippen LogP) is 3.26. The first-order valence-electron chi connectivity index (χ1n) is 12.1. The molecule has 11 heteroatoms. The molecule has 10 nitrogen and oxygen atoms in total. The summed E-state index contributed by atoms with van der Waals surface area (Å²) in [6.07, 6.45) is 0.295. The first kappa shape index (κ1) is 28.1. The Hall–Kier alpha value is -3.50. The molecule has 0 radical (unpaired) electrons. The molecule has 37 heavy (non-hydrogen) atoms. The minimum atomic E-state index is -0.937. The van der Waals surface area contributed by atoms with Crippen LogP contribution in [0, 0.1) is 0 Å². The van der Waals surface area contributed by atoms with E-state index < -0.39 is 17.5 Å². The van der Waals surface area contributed by atoms with Crippen LogP contribution in [0.25, 0.3) is 11.4 Å². The number of benzene rings is 2. The second-order valence-electron chi connectivity index (χ2n) is 9.46. The lowest BCUT2D eigenvalue weighted by atomic mass is 10.0. The number of nitrogens with one attached hydrogen (secondary N) is 1. The van der Waals surface area contributed by atoms with Crippen molar-refractivity contribution >= 4 is 23.4 Å². The zero-order valence-electron chi connectivity index (χ0n) is 21.5. The van der Waals surface area contributed by atoms with E-state index in [1.165, 1.54) is 9.70 Å². The average molecular weight is 529 g/mol. The zero-order chi connectivity index (χ0) is 27.0. The summed E-state index contributed by atoms with van der Waals surface area (Å²) in [5.74, 6) is 0.281. The molecule has 1 heterocycles. The molecule has 0 aliphatic heterocycles. The van der Waals surface area contributed by atoms with Crippen LogP contribution >= 0.6 is 11.6 Å². The molecule has 2 aromatic carbocycles. The van der Waals surface area contributed by atoms with Crippen LogP contribution in [-0.4, -0.2) is 67.3 Å². The SMILES string of the molecule is CCOc1ccc([C@@H](C(=O)NC(C)(C)C)N(CCCO)C(=O)Cn2nnc(-c3ccc(Cl)cc3)n2)cc1. The first-order chi connectivity index (χ1) is 17.6. The molecule has 2 amide bonds. The maximum atomic E-state index is 13.6. The summed E-state index contributed by atoms with van der Waals surface area (Å²) in [5.41, 5.74) is 0.801. The number of nitrogens with zero attached hydrogens (tertiary/aromatic N) is 5. The van der Waals surface area contributed by atoms with Crippen molar-refractivity contribution in [2.24, 2.45) is 0 Å². The van der Waals surface area contributed by atoms with Crippen molar-refractivity contribution in [2.75, 3.05) is 19.8 Å². The largest absolute Gasteiger partial charge is 0.494 e. The lowest BCUT2D eigenvalue weighted by Gasteiger charge is -2.33. The molecule has 0 saturated carbocycles. The van der Waals surface area contributed by atoms with Crippen LogP contribution in [0.3, 0.4) is 0 Å². The number of hydrogen-bond donors (Lipinski definition) is 2. The van der Waals surface area contributed by atoms with Gasteiger partial charge in [-0.1, -0.05) is 23.7 Å². The van der Waals surface area contributed by atoms with E-state index in [0.29, 0.717) is 40.8 Å². The number of carbonyl (C=O) groups is 2.